The summed E-state index contributed by atoms with van der Waals surface area (Å²) in [6.45, 7) is 5.92. The van der Waals surface area contributed by atoms with Gasteiger partial charge in [0, 0.05) is 0 Å². The van der Waals surface area contributed by atoms with Gasteiger partial charge in [0.15, 0.2) is 6.10 Å². The lowest BCUT2D eigenvalue weighted by atomic mass is 9.93. The number of carboxylic acid groups (broad SMARTS) is 1. The Hall–Kier alpha value is -3.17. The highest BCUT2D eigenvalue weighted by Gasteiger charge is 2.48. The van der Waals surface area contributed by atoms with E-state index < -0.39 is 36.7 Å². The summed E-state index contributed by atoms with van der Waals surface area (Å²) in [5.74, 6) is -1.02. The number of allylic oxidation sites excluding steroid dienone is 3. The Morgan fingerprint density at radius 2 is 1.59 bits per heavy atom. The van der Waals surface area contributed by atoms with Crippen LogP contribution in [0.3, 0.4) is 0 Å². The van der Waals surface area contributed by atoms with Crippen LogP contribution in [0.25, 0.3) is 11.1 Å². The lowest BCUT2D eigenvalue weighted by Gasteiger charge is -2.38. The van der Waals surface area contributed by atoms with Crippen LogP contribution in [0, 0.1) is 0 Å². The van der Waals surface area contributed by atoms with Crippen molar-refractivity contribution < 1.29 is 39.8 Å². The Labute approximate surface area is 185 Å². The lowest BCUT2D eigenvalue weighted by molar-refractivity contribution is -0.271. The van der Waals surface area contributed by atoms with Crippen molar-refractivity contribution in [3.63, 3.8) is 0 Å². The number of ether oxygens (including phenoxy) is 2. The molecule has 5 unspecified atom stereocenters. The van der Waals surface area contributed by atoms with Crippen LogP contribution >= 0.6 is 0 Å². The molecule has 1 saturated heterocycles. The summed E-state index contributed by atoms with van der Waals surface area (Å²) in [5, 5.41) is 48.5. The molecule has 0 spiro atoms. The Balaban J connectivity index is 1.84. The molecular weight excluding hydrogens is 416 g/mol. The highest BCUT2D eigenvalue weighted by Crippen LogP contribution is 2.32. The third kappa shape index (κ3) is 4.84. The smallest absolute Gasteiger partial charge is 0.335 e. The molecule has 8 nitrogen and oxygen atoms in total. The second-order valence-corrected chi connectivity index (χ2v) is 7.37. The number of aliphatic hydroxyl groups is 3. The van der Waals surface area contributed by atoms with E-state index in [1.807, 2.05) is 6.92 Å². The number of rotatable bonds is 7. The number of hydrogen-bond donors (Lipinski definition) is 5. The molecule has 2 aromatic carbocycles. The van der Waals surface area contributed by atoms with E-state index in [0.717, 1.165) is 22.3 Å². The van der Waals surface area contributed by atoms with E-state index in [1.165, 1.54) is 0 Å². The quantitative estimate of drug-likeness (QED) is 0.325. The Bertz CT molecular complexity index is 980. The van der Waals surface area contributed by atoms with Gasteiger partial charge in [-0.1, -0.05) is 43.8 Å². The van der Waals surface area contributed by atoms with Crippen LogP contribution in [-0.4, -0.2) is 62.2 Å². The lowest BCUT2D eigenvalue weighted by Crippen LogP contribution is -2.61. The summed E-state index contributed by atoms with van der Waals surface area (Å²) in [6.07, 6.45) is -5.88. The van der Waals surface area contributed by atoms with E-state index in [-0.39, 0.29) is 11.5 Å². The van der Waals surface area contributed by atoms with Gasteiger partial charge in [0.05, 0.1) is 0 Å². The Morgan fingerprint density at radius 3 is 2.12 bits per heavy atom. The molecule has 1 fully saturated rings. The average Bonchev–Trinajstić information content (AvgIpc) is 2.79. The first-order chi connectivity index (χ1) is 15.3. The van der Waals surface area contributed by atoms with Crippen LogP contribution in [0.1, 0.15) is 24.5 Å². The number of phenols is 1. The first-order valence-electron chi connectivity index (χ1n) is 10.1. The predicted molar refractivity (Wildman–Crippen MR) is 117 cm³/mol. The minimum Gasteiger partial charge on any atom is -0.508 e. The maximum Gasteiger partial charge on any atom is 0.335 e. The minimum absolute atomic E-state index is 0.173. The fourth-order valence-corrected chi connectivity index (χ4v) is 3.62. The number of benzene rings is 2. The summed E-state index contributed by atoms with van der Waals surface area (Å²) < 4.78 is 10.7. The van der Waals surface area contributed by atoms with Gasteiger partial charge in [-0.05, 0) is 53.0 Å². The largest absolute Gasteiger partial charge is 0.508 e. The van der Waals surface area contributed by atoms with Crippen molar-refractivity contribution in [1.82, 2.24) is 0 Å². The van der Waals surface area contributed by atoms with Crippen molar-refractivity contribution in [2.45, 2.75) is 44.1 Å². The van der Waals surface area contributed by atoms with Gasteiger partial charge < -0.3 is 35.0 Å². The number of aromatic hydroxyl groups is 1. The molecule has 0 bridgehead atoms. The Kier molecular flexibility index (Phi) is 7.32. The molecule has 170 valence electrons. The molecule has 0 aromatic heterocycles. The van der Waals surface area contributed by atoms with E-state index in [9.17, 15) is 25.2 Å². The molecule has 3 rings (SSSR count). The van der Waals surface area contributed by atoms with Crippen molar-refractivity contribution in [2.75, 3.05) is 0 Å². The molecule has 8 heteroatoms. The second-order valence-electron chi connectivity index (χ2n) is 7.37. The Morgan fingerprint density at radius 1 is 1.00 bits per heavy atom. The standard InChI is InChI=1S/C24H26O8/c1-3-17(13-5-9-15(25)10-6-13)18(4-2)14-7-11-16(12-8-14)31-24-21(28)19(26)20(27)22(32-24)23(29)30/h3,5-12,19-22,24-28H,1,4H2,2H3,(H,29,30)/b18-17+. The van der Waals surface area contributed by atoms with Crippen molar-refractivity contribution in [1.29, 1.82) is 0 Å². The predicted octanol–water partition coefficient (Wildman–Crippen LogP) is 2.17. The molecule has 32 heavy (non-hydrogen) atoms. The van der Waals surface area contributed by atoms with Crippen LogP contribution in [0.2, 0.25) is 0 Å². The number of carbonyl (C=O) groups is 1. The van der Waals surface area contributed by atoms with Crippen LogP contribution in [0.5, 0.6) is 11.5 Å². The first kappa shape index (κ1) is 23.5. The minimum atomic E-state index is -1.78. The van der Waals surface area contributed by atoms with Gasteiger partial charge in [0.1, 0.15) is 29.8 Å². The third-order valence-electron chi connectivity index (χ3n) is 5.33. The van der Waals surface area contributed by atoms with Crippen molar-refractivity contribution in [3.05, 3.63) is 72.3 Å². The zero-order valence-corrected chi connectivity index (χ0v) is 17.5. The molecule has 2 aromatic rings. The number of aliphatic carboxylic acids is 1. The average molecular weight is 442 g/mol. The summed E-state index contributed by atoms with van der Waals surface area (Å²) >= 11 is 0. The number of phenolic OH excluding ortho intramolecular Hbond substituents is 1. The molecule has 0 radical (unpaired) electrons. The second kappa shape index (κ2) is 9.97. The van der Waals surface area contributed by atoms with Crippen molar-refractivity contribution >= 4 is 17.1 Å². The van der Waals surface area contributed by atoms with Crippen molar-refractivity contribution in [2.24, 2.45) is 0 Å². The molecule has 1 aliphatic heterocycles. The van der Waals surface area contributed by atoms with Crippen LogP contribution in [0.4, 0.5) is 0 Å². The van der Waals surface area contributed by atoms with Gasteiger partial charge in [-0.25, -0.2) is 4.79 Å². The number of aliphatic hydroxyl groups excluding tert-OH is 3. The topological polar surface area (TPSA) is 137 Å². The fraction of sp³-hybridized carbons (Fsp3) is 0.292. The first-order valence-corrected chi connectivity index (χ1v) is 10.1. The van der Waals surface area contributed by atoms with E-state index >= 15 is 0 Å². The van der Waals surface area contributed by atoms with E-state index in [1.54, 1.807) is 54.6 Å². The van der Waals surface area contributed by atoms with Gasteiger partial charge in [0.25, 0.3) is 0 Å². The van der Waals surface area contributed by atoms with Crippen LogP contribution in [0.15, 0.2) is 61.2 Å². The molecule has 1 aliphatic rings. The zero-order valence-electron chi connectivity index (χ0n) is 17.5. The van der Waals surface area contributed by atoms with Gasteiger partial charge in [-0.15, -0.1) is 0 Å². The van der Waals surface area contributed by atoms with Gasteiger partial charge in [-0.3, -0.25) is 0 Å². The molecule has 0 saturated carbocycles. The molecule has 0 amide bonds. The fourth-order valence-electron chi connectivity index (χ4n) is 3.62. The number of carboxylic acids is 1. The van der Waals surface area contributed by atoms with E-state index in [2.05, 4.69) is 6.58 Å². The maximum absolute atomic E-state index is 11.2. The molecular formula is C24H26O8. The number of hydrogen-bond acceptors (Lipinski definition) is 7. The highest BCUT2D eigenvalue weighted by molar-refractivity contribution is 5.95. The van der Waals surface area contributed by atoms with Crippen LogP contribution in [-0.2, 0) is 9.53 Å². The molecule has 0 aliphatic carbocycles. The summed E-state index contributed by atoms with van der Waals surface area (Å²) in [5.41, 5.74) is 3.72. The van der Waals surface area contributed by atoms with Gasteiger partial charge >= 0.3 is 5.97 Å². The summed E-state index contributed by atoms with van der Waals surface area (Å²) in [7, 11) is 0. The van der Waals surface area contributed by atoms with Gasteiger partial charge in [0.2, 0.25) is 6.29 Å². The normalized spacial score (nSPS) is 26.2. The SMILES string of the molecule is C=C/C(=C(/CC)c1ccc(OC2OC(C(=O)O)C(O)C(O)C2O)cc1)c1ccc(O)cc1. The third-order valence-corrected chi connectivity index (χ3v) is 5.33. The van der Waals surface area contributed by atoms with E-state index in [0.29, 0.717) is 6.42 Å². The highest BCUT2D eigenvalue weighted by atomic mass is 16.7. The monoisotopic (exact) mass is 442 g/mol. The molecule has 1 heterocycles. The van der Waals surface area contributed by atoms with Gasteiger partial charge in [-0.2, -0.15) is 0 Å². The van der Waals surface area contributed by atoms with Crippen molar-refractivity contribution in [3.8, 4) is 11.5 Å². The summed E-state index contributed by atoms with van der Waals surface area (Å²) in [4.78, 5) is 11.2. The van der Waals surface area contributed by atoms with Crippen LogP contribution < -0.4 is 4.74 Å². The molecule has 5 N–H and O–H groups in total. The van der Waals surface area contributed by atoms with E-state index in [4.69, 9.17) is 14.6 Å². The molecule has 5 atom stereocenters. The summed E-state index contributed by atoms with van der Waals surface area (Å²) in [6, 6.07) is 13.7. The zero-order chi connectivity index (χ0) is 23.4. The maximum atomic E-state index is 11.2.